The third-order valence-electron chi connectivity index (χ3n) is 3.33. The third kappa shape index (κ3) is 7.51. The van der Waals surface area contributed by atoms with Gasteiger partial charge in [-0.15, -0.1) is 0 Å². The van der Waals surface area contributed by atoms with E-state index in [1.807, 2.05) is 18.2 Å². The quantitative estimate of drug-likeness (QED) is 0.318. The molecule has 0 unspecified atom stereocenters. The van der Waals surface area contributed by atoms with Crippen molar-refractivity contribution in [2.24, 2.45) is 0 Å². The number of carbonyl (C=O) groups is 1. The second kappa shape index (κ2) is 11.6. The highest BCUT2D eigenvalue weighted by molar-refractivity contribution is 9.09. The summed E-state index contributed by atoms with van der Waals surface area (Å²) >= 11 is 3.45. The van der Waals surface area contributed by atoms with Crippen LogP contribution in [0.15, 0.2) is 24.3 Å². The van der Waals surface area contributed by atoms with Crippen LogP contribution in [-0.4, -0.2) is 25.0 Å². The minimum absolute atomic E-state index is 0.350. The summed E-state index contributed by atoms with van der Waals surface area (Å²) in [5.74, 6) is 0.263. The van der Waals surface area contributed by atoms with Gasteiger partial charge in [-0.25, -0.2) is 4.79 Å². The summed E-state index contributed by atoms with van der Waals surface area (Å²) in [4.78, 5) is 11.6. The topological polar surface area (TPSA) is 35.5 Å². The number of carbonyl (C=O) groups excluding carboxylic acids is 1. The lowest BCUT2D eigenvalue weighted by Gasteiger charge is -2.09. The number of ether oxygens (including phenoxy) is 2. The van der Waals surface area contributed by atoms with E-state index in [4.69, 9.17) is 9.47 Å². The number of hydrogen-bond acceptors (Lipinski definition) is 3. The van der Waals surface area contributed by atoms with Gasteiger partial charge < -0.3 is 9.47 Å². The normalized spacial score (nSPS) is 10.4. The van der Waals surface area contributed by atoms with E-state index in [0.717, 1.165) is 11.8 Å². The Labute approximate surface area is 136 Å². The van der Waals surface area contributed by atoms with Crippen LogP contribution in [0.3, 0.4) is 0 Å². The molecule has 0 amide bonds. The number of hydrogen-bond donors (Lipinski definition) is 0. The van der Waals surface area contributed by atoms with Crippen molar-refractivity contribution < 1.29 is 14.3 Å². The first kappa shape index (κ1) is 18.0. The minimum Gasteiger partial charge on any atom is -0.493 e. The van der Waals surface area contributed by atoms with Gasteiger partial charge in [0.05, 0.1) is 13.7 Å². The number of halogens is 1. The minimum atomic E-state index is -0.350. The van der Waals surface area contributed by atoms with Gasteiger partial charge in [0, 0.05) is 5.33 Å². The van der Waals surface area contributed by atoms with E-state index in [2.05, 4.69) is 15.9 Å². The van der Waals surface area contributed by atoms with Gasteiger partial charge >= 0.3 is 5.97 Å². The monoisotopic (exact) mass is 356 g/mol. The lowest BCUT2D eigenvalue weighted by atomic mass is 10.1. The zero-order valence-electron chi connectivity index (χ0n) is 12.8. The van der Waals surface area contributed by atoms with Crippen molar-refractivity contribution >= 4 is 21.9 Å². The van der Waals surface area contributed by atoms with Crippen LogP contribution < -0.4 is 4.74 Å². The Morgan fingerprint density at radius 3 is 2.29 bits per heavy atom. The van der Waals surface area contributed by atoms with Gasteiger partial charge in [-0.1, -0.05) is 60.2 Å². The van der Waals surface area contributed by atoms with Crippen LogP contribution in [0.4, 0.5) is 0 Å². The van der Waals surface area contributed by atoms with E-state index in [0.29, 0.717) is 17.9 Å². The van der Waals surface area contributed by atoms with Crippen molar-refractivity contribution in [1.29, 1.82) is 0 Å². The first-order valence-corrected chi connectivity index (χ1v) is 8.78. The molecule has 4 heteroatoms. The van der Waals surface area contributed by atoms with Crippen LogP contribution in [0.1, 0.15) is 55.3 Å². The van der Waals surface area contributed by atoms with Gasteiger partial charge in [-0.05, 0) is 25.0 Å². The Balaban J connectivity index is 2.17. The number of methoxy groups -OCH3 is 1. The lowest BCUT2D eigenvalue weighted by molar-refractivity contribution is 0.0596. The van der Waals surface area contributed by atoms with E-state index in [9.17, 15) is 4.79 Å². The summed E-state index contributed by atoms with van der Waals surface area (Å²) in [7, 11) is 1.38. The van der Waals surface area contributed by atoms with Crippen molar-refractivity contribution in [2.45, 2.75) is 44.9 Å². The van der Waals surface area contributed by atoms with Crippen molar-refractivity contribution in [3.8, 4) is 5.75 Å². The third-order valence-corrected chi connectivity index (χ3v) is 3.89. The van der Waals surface area contributed by atoms with Crippen LogP contribution >= 0.6 is 15.9 Å². The molecule has 0 saturated heterocycles. The highest BCUT2D eigenvalue weighted by Crippen LogP contribution is 2.19. The maximum atomic E-state index is 11.6. The zero-order chi connectivity index (χ0) is 15.3. The molecule has 0 N–H and O–H groups in total. The molecule has 1 rings (SSSR count). The number of alkyl halides is 1. The average molecular weight is 357 g/mol. The molecule has 0 spiro atoms. The van der Waals surface area contributed by atoms with E-state index >= 15 is 0 Å². The lowest BCUT2D eigenvalue weighted by Crippen LogP contribution is -2.06. The van der Waals surface area contributed by atoms with Gasteiger partial charge in [0.15, 0.2) is 0 Å². The molecule has 0 saturated carbocycles. The Bertz CT molecular complexity index is 407. The van der Waals surface area contributed by atoms with Crippen LogP contribution in [0, 0.1) is 0 Å². The number of benzene rings is 1. The molecule has 3 nitrogen and oxygen atoms in total. The summed E-state index contributed by atoms with van der Waals surface area (Å²) in [6, 6.07) is 7.22. The standard InChI is InChI=1S/C17H25BrO3/c1-20-17(19)15-11-7-8-12-16(15)21-14-10-6-4-2-3-5-9-13-18/h7-8,11-12H,2-6,9-10,13-14H2,1H3. The van der Waals surface area contributed by atoms with Gasteiger partial charge in [-0.2, -0.15) is 0 Å². The van der Waals surface area contributed by atoms with E-state index < -0.39 is 0 Å². The Morgan fingerprint density at radius 2 is 1.62 bits per heavy atom. The van der Waals surface area contributed by atoms with Crippen molar-refractivity contribution in [3.63, 3.8) is 0 Å². The predicted molar refractivity (Wildman–Crippen MR) is 89.4 cm³/mol. The molecule has 118 valence electrons. The molecular weight excluding hydrogens is 332 g/mol. The van der Waals surface area contributed by atoms with E-state index in [1.165, 1.54) is 45.6 Å². The number of esters is 1. The molecule has 21 heavy (non-hydrogen) atoms. The highest BCUT2D eigenvalue weighted by Gasteiger charge is 2.11. The Hall–Kier alpha value is -1.03. The van der Waals surface area contributed by atoms with E-state index in [-0.39, 0.29) is 5.97 Å². The molecule has 1 aromatic rings. The van der Waals surface area contributed by atoms with Gasteiger partial charge in [0.1, 0.15) is 11.3 Å². The molecule has 0 aromatic heterocycles. The molecule has 0 radical (unpaired) electrons. The van der Waals surface area contributed by atoms with Crippen molar-refractivity contribution in [1.82, 2.24) is 0 Å². The smallest absolute Gasteiger partial charge is 0.341 e. The summed E-state index contributed by atoms with van der Waals surface area (Å²) in [6.45, 7) is 0.648. The Morgan fingerprint density at radius 1 is 1.00 bits per heavy atom. The largest absolute Gasteiger partial charge is 0.493 e. The first-order valence-electron chi connectivity index (χ1n) is 7.65. The fourth-order valence-corrected chi connectivity index (χ4v) is 2.53. The maximum Gasteiger partial charge on any atom is 0.341 e. The predicted octanol–water partition coefficient (Wildman–Crippen LogP) is 4.98. The molecule has 1 aromatic carbocycles. The summed E-state index contributed by atoms with van der Waals surface area (Å²) in [6.07, 6.45) is 8.65. The van der Waals surface area contributed by atoms with Crippen molar-refractivity contribution in [2.75, 3.05) is 19.0 Å². The molecule has 0 aliphatic heterocycles. The summed E-state index contributed by atoms with van der Waals surface area (Å²) < 4.78 is 10.4. The zero-order valence-corrected chi connectivity index (χ0v) is 14.4. The summed E-state index contributed by atoms with van der Waals surface area (Å²) in [5, 5.41) is 1.11. The van der Waals surface area contributed by atoms with Gasteiger partial charge in [-0.3, -0.25) is 0 Å². The molecule has 0 bridgehead atoms. The molecule has 0 aliphatic carbocycles. The first-order chi connectivity index (χ1) is 10.3. The van der Waals surface area contributed by atoms with Crippen LogP contribution in [0.5, 0.6) is 5.75 Å². The second-order valence-corrected chi connectivity index (χ2v) is 5.79. The number of rotatable bonds is 11. The molecule has 0 aliphatic rings. The average Bonchev–Trinajstić information content (AvgIpc) is 2.53. The fourth-order valence-electron chi connectivity index (χ4n) is 2.13. The summed E-state index contributed by atoms with van der Waals surface area (Å²) in [5.41, 5.74) is 0.495. The SMILES string of the molecule is COC(=O)c1ccccc1OCCCCCCCCCBr. The number of unbranched alkanes of at least 4 members (excludes halogenated alkanes) is 6. The van der Waals surface area contributed by atoms with Crippen LogP contribution in [0.2, 0.25) is 0 Å². The van der Waals surface area contributed by atoms with Crippen LogP contribution in [0.25, 0.3) is 0 Å². The van der Waals surface area contributed by atoms with Gasteiger partial charge in [0.25, 0.3) is 0 Å². The molecule has 0 heterocycles. The van der Waals surface area contributed by atoms with Crippen LogP contribution in [-0.2, 0) is 4.74 Å². The molecular formula is C17H25BrO3. The molecule has 0 fully saturated rings. The molecule has 0 atom stereocenters. The Kier molecular flexibility index (Phi) is 9.96. The van der Waals surface area contributed by atoms with Gasteiger partial charge in [0.2, 0.25) is 0 Å². The van der Waals surface area contributed by atoms with Crippen molar-refractivity contribution in [3.05, 3.63) is 29.8 Å². The van der Waals surface area contributed by atoms with E-state index in [1.54, 1.807) is 6.07 Å². The second-order valence-electron chi connectivity index (χ2n) is 5.00. The highest BCUT2D eigenvalue weighted by atomic mass is 79.9. The number of para-hydroxylation sites is 1. The maximum absolute atomic E-state index is 11.6. The fraction of sp³-hybridized carbons (Fsp3) is 0.588.